The third-order valence-electron chi connectivity index (χ3n) is 4.70. The molecule has 0 radical (unpaired) electrons. The summed E-state index contributed by atoms with van der Waals surface area (Å²) in [5, 5.41) is 3.41. The van der Waals surface area contributed by atoms with Gasteiger partial charge in [-0.05, 0) is 38.0 Å². The highest BCUT2D eigenvalue weighted by atomic mass is 127. The third kappa shape index (κ3) is 9.42. The van der Waals surface area contributed by atoms with Crippen molar-refractivity contribution in [3.63, 3.8) is 0 Å². The lowest BCUT2D eigenvalue weighted by molar-refractivity contribution is 0.0276. The largest absolute Gasteiger partial charge is 0.379 e. The predicted molar refractivity (Wildman–Crippen MR) is 110 cm³/mol. The zero-order valence-electron chi connectivity index (χ0n) is 15.5. The van der Waals surface area contributed by atoms with Crippen molar-refractivity contribution in [1.82, 2.24) is 10.2 Å². The topological polar surface area (TPSA) is 46.1 Å². The molecule has 0 aromatic heterocycles. The van der Waals surface area contributed by atoms with Crippen LogP contribution in [0.1, 0.15) is 51.4 Å². The van der Waals surface area contributed by atoms with Crippen LogP contribution in [0.4, 0.5) is 0 Å². The Morgan fingerprint density at radius 1 is 1.12 bits per heavy atom. The van der Waals surface area contributed by atoms with Gasteiger partial charge >= 0.3 is 0 Å². The Labute approximate surface area is 165 Å². The standard InChI is InChI=1S/C18H35N3O2.HI/c1-19-18(21(2)12-14-22-15-16-9-10-16)20-11-6-13-23-17-7-4-3-5-8-17;/h16-17H,3-15H2,1-2H3,(H,19,20);1H. The van der Waals surface area contributed by atoms with Crippen molar-refractivity contribution in [3.8, 4) is 0 Å². The van der Waals surface area contributed by atoms with Crippen LogP contribution < -0.4 is 5.32 Å². The minimum Gasteiger partial charge on any atom is -0.379 e. The van der Waals surface area contributed by atoms with Crippen LogP contribution in [0.5, 0.6) is 0 Å². The first-order chi connectivity index (χ1) is 11.3. The number of ether oxygens (including phenoxy) is 2. The molecule has 2 aliphatic rings. The molecule has 24 heavy (non-hydrogen) atoms. The van der Waals surface area contributed by atoms with Crippen molar-refractivity contribution in [2.45, 2.75) is 57.5 Å². The van der Waals surface area contributed by atoms with Crippen LogP contribution in [0.25, 0.3) is 0 Å². The molecule has 0 aromatic rings. The molecule has 0 aliphatic heterocycles. The number of hydrogen-bond donors (Lipinski definition) is 1. The van der Waals surface area contributed by atoms with Gasteiger partial charge in [0.1, 0.15) is 0 Å². The van der Waals surface area contributed by atoms with Crippen molar-refractivity contribution in [2.75, 3.05) is 47.0 Å². The van der Waals surface area contributed by atoms with Crippen molar-refractivity contribution < 1.29 is 9.47 Å². The summed E-state index contributed by atoms with van der Waals surface area (Å²) in [4.78, 5) is 6.47. The molecule has 0 atom stereocenters. The number of hydrogen-bond acceptors (Lipinski definition) is 3. The smallest absolute Gasteiger partial charge is 0.193 e. The molecule has 6 heteroatoms. The maximum Gasteiger partial charge on any atom is 0.193 e. The van der Waals surface area contributed by atoms with E-state index in [-0.39, 0.29) is 24.0 Å². The molecular weight excluding hydrogens is 417 g/mol. The lowest BCUT2D eigenvalue weighted by Gasteiger charge is -2.23. The highest BCUT2D eigenvalue weighted by molar-refractivity contribution is 14.0. The SMILES string of the molecule is CN=C(NCCCOC1CCCCC1)N(C)CCOCC1CC1.I. The minimum absolute atomic E-state index is 0. The summed E-state index contributed by atoms with van der Waals surface area (Å²) < 4.78 is 11.6. The van der Waals surface area contributed by atoms with Gasteiger partial charge in [-0.15, -0.1) is 24.0 Å². The lowest BCUT2D eigenvalue weighted by atomic mass is 9.98. The van der Waals surface area contributed by atoms with Gasteiger partial charge in [0.2, 0.25) is 0 Å². The maximum absolute atomic E-state index is 5.95. The molecule has 0 aromatic carbocycles. The fourth-order valence-corrected chi connectivity index (χ4v) is 2.98. The van der Waals surface area contributed by atoms with Gasteiger partial charge in [0.05, 0.1) is 12.7 Å². The van der Waals surface area contributed by atoms with Crippen LogP contribution in [0.3, 0.4) is 0 Å². The molecule has 0 unspecified atom stereocenters. The van der Waals surface area contributed by atoms with Gasteiger partial charge in [0, 0.05) is 40.4 Å². The van der Waals surface area contributed by atoms with Crippen molar-refractivity contribution in [1.29, 1.82) is 0 Å². The van der Waals surface area contributed by atoms with Crippen LogP contribution in [0, 0.1) is 5.92 Å². The predicted octanol–water partition coefficient (Wildman–Crippen LogP) is 3.28. The lowest BCUT2D eigenvalue weighted by Crippen LogP contribution is -2.41. The first kappa shape index (κ1) is 22.0. The van der Waals surface area contributed by atoms with Gasteiger partial charge in [0.25, 0.3) is 0 Å². The summed E-state index contributed by atoms with van der Waals surface area (Å²) in [6.45, 7) is 4.34. The Balaban J connectivity index is 0.00000288. The highest BCUT2D eigenvalue weighted by Crippen LogP contribution is 2.28. The summed E-state index contributed by atoms with van der Waals surface area (Å²) in [5.41, 5.74) is 0. The molecule has 0 bridgehead atoms. The fraction of sp³-hybridized carbons (Fsp3) is 0.944. The molecule has 5 nitrogen and oxygen atoms in total. The Hall–Kier alpha value is -0.0800. The molecule has 2 saturated carbocycles. The van der Waals surface area contributed by atoms with Crippen molar-refractivity contribution >= 4 is 29.9 Å². The van der Waals surface area contributed by atoms with Crippen LogP contribution in [-0.2, 0) is 9.47 Å². The Morgan fingerprint density at radius 2 is 1.88 bits per heavy atom. The molecule has 0 heterocycles. The molecular formula is C18H36IN3O2. The quantitative estimate of drug-likeness (QED) is 0.239. The highest BCUT2D eigenvalue weighted by Gasteiger charge is 2.21. The molecule has 1 N–H and O–H groups in total. The van der Waals surface area contributed by atoms with E-state index in [4.69, 9.17) is 9.47 Å². The molecule has 0 saturated heterocycles. The number of nitrogens with one attached hydrogen (secondary N) is 1. The van der Waals surface area contributed by atoms with Crippen LogP contribution >= 0.6 is 24.0 Å². The third-order valence-corrected chi connectivity index (χ3v) is 4.70. The Morgan fingerprint density at radius 3 is 2.54 bits per heavy atom. The second-order valence-electron chi connectivity index (χ2n) is 6.90. The minimum atomic E-state index is 0. The first-order valence-corrected chi connectivity index (χ1v) is 9.40. The van der Waals surface area contributed by atoms with E-state index in [0.717, 1.165) is 51.2 Å². The van der Waals surface area contributed by atoms with E-state index in [0.29, 0.717) is 6.10 Å². The molecule has 2 fully saturated rings. The number of likely N-dealkylation sites (N-methyl/N-ethyl adjacent to an activating group) is 1. The summed E-state index contributed by atoms with van der Waals surface area (Å²) in [6, 6.07) is 0. The monoisotopic (exact) mass is 453 g/mol. The summed E-state index contributed by atoms with van der Waals surface area (Å²) in [6.07, 6.45) is 10.8. The van der Waals surface area contributed by atoms with Gasteiger partial charge in [0.15, 0.2) is 5.96 Å². The normalized spacial score (nSPS) is 19.0. The Bertz CT molecular complexity index is 345. The molecule has 0 amide bonds. The van der Waals surface area contributed by atoms with Gasteiger partial charge in [-0.1, -0.05) is 19.3 Å². The molecule has 2 aliphatic carbocycles. The molecule has 2 rings (SSSR count). The Kier molecular flexibility index (Phi) is 12.0. The van der Waals surface area contributed by atoms with Crippen LogP contribution in [0.15, 0.2) is 4.99 Å². The van der Waals surface area contributed by atoms with E-state index in [1.807, 2.05) is 7.05 Å². The van der Waals surface area contributed by atoms with E-state index < -0.39 is 0 Å². The number of aliphatic imine (C=N–C) groups is 1. The first-order valence-electron chi connectivity index (χ1n) is 9.40. The average Bonchev–Trinajstić information content (AvgIpc) is 3.40. The zero-order valence-corrected chi connectivity index (χ0v) is 17.8. The van der Waals surface area contributed by atoms with Crippen LogP contribution in [-0.4, -0.2) is 64.0 Å². The second-order valence-corrected chi connectivity index (χ2v) is 6.90. The molecule has 142 valence electrons. The van der Waals surface area contributed by atoms with E-state index in [1.165, 1.54) is 44.9 Å². The van der Waals surface area contributed by atoms with Crippen LogP contribution in [0.2, 0.25) is 0 Å². The van der Waals surface area contributed by atoms with E-state index in [2.05, 4.69) is 22.3 Å². The zero-order chi connectivity index (χ0) is 16.3. The summed E-state index contributed by atoms with van der Waals surface area (Å²) in [5.74, 6) is 1.78. The molecule has 0 spiro atoms. The number of halogens is 1. The maximum atomic E-state index is 5.95. The second kappa shape index (κ2) is 13.2. The van der Waals surface area contributed by atoms with E-state index in [9.17, 15) is 0 Å². The van der Waals surface area contributed by atoms with Gasteiger partial charge < -0.3 is 19.7 Å². The van der Waals surface area contributed by atoms with Gasteiger partial charge in [-0.2, -0.15) is 0 Å². The van der Waals surface area contributed by atoms with E-state index in [1.54, 1.807) is 0 Å². The van der Waals surface area contributed by atoms with Gasteiger partial charge in [-0.3, -0.25) is 4.99 Å². The summed E-state index contributed by atoms with van der Waals surface area (Å²) in [7, 11) is 3.90. The fourth-order valence-electron chi connectivity index (χ4n) is 2.98. The van der Waals surface area contributed by atoms with E-state index >= 15 is 0 Å². The number of guanidine groups is 1. The van der Waals surface area contributed by atoms with Crippen molar-refractivity contribution in [3.05, 3.63) is 0 Å². The van der Waals surface area contributed by atoms with Crippen molar-refractivity contribution in [2.24, 2.45) is 10.9 Å². The summed E-state index contributed by atoms with van der Waals surface area (Å²) >= 11 is 0. The van der Waals surface area contributed by atoms with Gasteiger partial charge in [-0.25, -0.2) is 0 Å². The number of nitrogens with zero attached hydrogens (tertiary/aromatic N) is 2. The number of rotatable bonds is 10. The average molecular weight is 453 g/mol.